The van der Waals surface area contributed by atoms with Gasteiger partial charge in [-0.2, -0.15) is 0 Å². The number of nitrogens with one attached hydrogen (secondary N) is 1. The van der Waals surface area contributed by atoms with E-state index in [2.05, 4.69) is 5.32 Å². The molecule has 0 spiro atoms. The largest absolute Gasteiger partial charge is 0.394 e. The van der Waals surface area contributed by atoms with E-state index in [-0.39, 0.29) is 13.2 Å². The lowest BCUT2D eigenvalue weighted by Crippen LogP contribution is -2.65. The zero-order valence-electron chi connectivity index (χ0n) is 14.8. The van der Waals surface area contributed by atoms with Crippen molar-refractivity contribution in [1.29, 1.82) is 0 Å². The maximum absolute atomic E-state index is 10.4. The first-order valence-corrected chi connectivity index (χ1v) is 8.53. The fourth-order valence-electron chi connectivity index (χ4n) is 3.45. The van der Waals surface area contributed by atoms with Crippen LogP contribution in [-0.4, -0.2) is 121 Å². The van der Waals surface area contributed by atoms with E-state index in [0.29, 0.717) is 0 Å². The number of nitrogens with two attached hydrogens (primary N) is 1. The van der Waals surface area contributed by atoms with Gasteiger partial charge in [0.1, 0.15) is 36.6 Å². The van der Waals surface area contributed by atoms with Gasteiger partial charge < -0.3 is 55.5 Å². The van der Waals surface area contributed by atoms with E-state index in [1.54, 1.807) is 7.05 Å². The van der Waals surface area contributed by atoms with Crippen molar-refractivity contribution in [3.05, 3.63) is 0 Å². The average molecular weight is 382 g/mol. The van der Waals surface area contributed by atoms with Crippen molar-refractivity contribution in [3.63, 3.8) is 0 Å². The van der Waals surface area contributed by atoms with Crippen molar-refractivity contribution in [3.8, 4) is 0 Å². The lowest BCUT2D eigenvalue weighted by molar-refractivity contribution is -0.273. The molecule has 154 valence electrons. The Hall–Kier alpha value is -0.440. The van der Waals surface area contributed by atoms with Crippen LogP contribution in [-0.2, 0) is 18.9 Å². The summed E-state index contributed by atoms with van der Waals surface area (Å²) in [5, 5.41) is 52.1. The number of likely N-dealkylation sites (N-methyl/N-ethyl adjacent to an activating group) is 1. The van der Waals surface area contributed by atoms with Crippen LogP contribution in [0.4, 0.5) is 0 Å². The molecule has 2 aliphatic heterocycles. The molecule has 0 saturated carbocycles. The van der Waals surface area contributed by atoms with Crippen molar-refractivity contribution in [2.75, 3.05) is 34.0 Å². The third-order valence-electron chi connectivity index (χ3n) is 4.99. The number of hydrogen-bond acceptors (Lipinski definition) is 11. The minimum Gasteiger partial charge on any atom is -0.394 e. The summed E-state index contributed by atoms with van der Waals surface area (Å²) in [4.78, 5) is 0. The van der Waals surface area contributed by atoms with E-state index >= 15 is 0 Å². The summed E-state index contributed by atoms with van der Waals surface area (Å²) >= 11 is 0. The highest BCUT2D eigenvalue weighted by Crippen LogP contribution is 2.26. The standard InChI is InChI=1S/C15H30N2O9/c1-17-10-12(21)14(7(4-19)26-15(10)22)24-5-8-9(16)11(20)13(23-2)6(3-18)25-8/h6-15,17-22H,3-5,16H2,1-2H3. The molecule has 0 amide bonds. The highest BCUT2D eigenvalue weighted by molar-refractivity contribution is 4.97. The molecule has 11 nitrogen and oxygen atoms in total. The van der Waals surface area contributed by atoms with Crippen LogP contribution in [0.2, 0.25) is 0 Å². The first-order valence-electron chi connectivity index (χ1n) is 8.53. The summed E-state index contributed by atoms with van der Waals surface area (Å²) in [5.74, 6) is 0. The topological polar surface area (TPSA) is 176 Å². The molecule has 0 aromatic rings. The third-order valence-corrected chi connectivity index (χ3v) is 4.99. The van der Waals surface area contributed by atoms with E-state index in [4.69, 9.17) is 24.7 Å². The molecule has 0 aliphatic carbocycles. The molecule has 0 aromatic heterocycles. The number of rotatable bonds is 7. The smallest absolute Gasteiger partial charge is 0.173 e. The van der Waals surface area contributed by atoms with Crippen molar-refractivity contribution in [2.24, 2.45) is 5.73 Å². The van der Waals surface area contributed by atoms with Crippen molar-refractivity contribution < 1.29 is 44.5 Å². The summed E-state index contributed by atoms with van der Waals surface area (Å²) in [6.45, 7) is -0.971. The van der Waals surface area contributed by atoms with Gasteiger partial charge in [0.2, 0.25) is 0 Å². The number of methoxy groups -OCH3 is 1. The van der Waals surface area contributed by atoms with Gasteiger partial charge in [0, 0.05) is 7.11 Å². The molecule has 0 radical (unpaired) electrons. The molecule has 10 atom stereocenters. The van der Waals surface area contributed by atoms with Crippen LogP contribution in [0.15, 0.2) is 0 Å². The molecule has 2 heterocycles. The summed E-state index contributed by atoms with van der Waals surface area (Å²) in [6, 6.07) is -1.65. The molecule has 2 fully saturated rings. The summed E-state index contributed by atoms with van der Waals surface area (Å²) < 4.78 is 21.7. The normalized spacial score (nSPS) is 47.1. The Morgan fingerprint density at radius 2 is 1.58 bits per heavy atom. The van der Waals surface area contributed by atoms with E-state index in [9.17, 15) is 25.5 Å². The highest BCUT2D eigenvalue weighted by Gasteiger charge is 2.47. The van der Waals surface area contributed by atoms with Gasteiger partial charge in [-0.25, -0.2) is 0 Å². The predicted molar refractivity (Wildman–Crippen MR) is 87.1 cm³/mol. The number of hydrogen-bond donors (Lipinski definition) is 7. The molecule has 2 aliphatic rings. The second-order valence-electron chi connectivity index (χ2n) is 6.51. The molecular formula is C15H30N2O9. The molecule has 0 bridgehead atoms. The Morgan fingerprint density at radius 1 is 0.962 bits per heavy atom. The zero-order valence-corrected chi connectivity index (χ0v) is 14.8. The van der Waals surface area contributed by atoms with Crippen LogP contribution in [0.1, 0.15) is 0 Å². The quantitative estimate of drug-likeness (QED) is 0.226. The zero-order chi connectivity index (χ0) is 19.4. The number of ether oxygens (including phenoxy) is 4. The van der Waals surface area contributed by atoms with Crippen molar-refractivity contribution in [2.45, 2.75) is 61.1 Å². The van der Waals surface area contributed by atoms with Gasteiger partial charge in [-0.1, -0.05) is 0 Å². The first-order chi connectivity index (χ1) is 12.4. The van der Waals surface area contributed by atoms with Gasteiger partial charge in [-0.15, -0.1) is 0 Å². The maximum Gasteiger partial charge on any atom is 0.173 e. The van der Waals surface area contributed by atoms with E-state index in [0.717, 1.165) is 0 Å². The van der Waals surface area contributed by atoms with Crippen LogP contribution in [0.25, 0.3) is 0 Å². The Kier molecular flexibility index (Phi) is 8.12. The van der Waals surface area contributed by atoms with Gasteiger partial charge in [-0.05, 0) is 7.05 Å². The van der Waals surface area contributed by atoms with E-state index < -0.39 is 67.7 Å². The molecule has 11 heteroatoms. The minimum atomic E-state index is -1.30. The van der Waals surface area contributed by atoms with E-state index in [1.807, 2.05) is 0 Å². The molecule has 8 N–H and O–H groups in total. The Morgan fingerprint density at radius 3 is 2.12 bits per heavy atom. The fourth-order valence-corrected chi connectivity index (χ4v) is 3.45. The second kappa shape index (κ2) is 9.66. The SMILES string of the molecule is CNC1C(O)OC(CO)C(OCC2OC(CO)C(OC)C(O)C2N)C1O. The Balaban J connectivity index is 2.03. The van der Waals surface area contributed by atoms with Crippen molar-refractivity contribution in [1.82, 2.24) is 5.32 Å². The molecule has 2 saturated heterocycles. The lowest BCUT2D eigenvalue weighted by atomic mass is 9.93. The average Bonchev–Trinajstić information content (AvgIpc) is 2.63. The maximum atomic E-state index is 10.4. The summed E-state index contributed by atoms with van der Waals surface area (Å²) in [5.41, 5.74) is 5.99. The molecule has 0 aromatic carbocycles. The first kappa shape index (κ1) is 21.9. The summed E-state index contributed by atoms with van der Waals surface area (Å²) in [7, 11) is 2.93. The van der Waals surface area contributed by atoms with Gasteiger partial charge in [0.25, 0.3) is 0 Å². The fraction of sp³-hybridized carbons (Fsp3) is 1.00. The van der Waals surface area contributed by atoms with Crippen LogP contribution in [0.5, 0.6) is 0 Å². The summed E-state index contributed by atoms with van der Waals surface area (Å²) in [6.07, 6.45) is -7.78. The van der Waals surface area contributed by atoms with Crippen LogP contribution >= 0.6 is 0 Å². The minimum absolute atomic E-state index is 0.126. The highest BCUT2D eigenvalue weighted by atomic mass is 16.6. The third kappa shape index (κ3) is 4.34. The Bertz CT molecular complexity index is 430. The molecule has 10 unspecified atom stereocenters. The van der Waals surface area contributed by atoms with Gasteiger partial charge in [-0.3, -0.25) is 0 Å². The Labute approximate surface area is 151 Å². The second-order valence-corrected chi connectivity index (χ2v) is 6.51. The lowest BCUT2D eigenvalue weighted by Gasteiger charge is -2.45. The van der Waals surface area contributed by atoms with Crippen LogP contribution in [0, 0.1) is 0 Å². The number of aliphatic hydroxyl groups is 5. The van der Waals surface area contributed by atoms with Gasteiger partial charge in [0.15, 0.2) is 6.29 Å². The number of aliphatic hydroxyl groups excluding tert-OH is 5. The predicted octanol–water partition coefficient (Wildman–Crippen LogP) is -4.51. The molecule has 26 heavy (non-hydrogen) atoms. The van der Waals surface area contributed by atoms with Gasteiger partial charge >= 0.3 is 0 Å². The van der Waals surface area contributed by atoms with Crippen LogP contribution in [0.3, 0.4) is 0 Å². The van der Waals surface area contributed by atoms with Gasteiger partial charge in [0.05, 0.1) is 38.0 Å². The van der Waals surface area contributed by atoms with E-state index in [1.165, 1.54) is 7.11 Å². The molecule has 2 rings (SSSR count). The monoisotopic (exact) mass is 382 g/mol. The van der Waals surface area contributed by atoms with Crippen LogP contribution < -0.4 is 11.1 Å². The van der Waals surface area contributed by atoms with Crippen molar-refractivity contribution >= 4 is 0 Å². The molecular weight excluding hydrogens is 352 g/mol.